The van der Waals surface area contributed by atoms with Crippen LogP contribution in [0, 0.1) is 11.7 Å². The molecule has 1 N–H and O–H groups in total. The SMILES string of the molecule is COc1cccc(F)c1C(O)C1CCC1. The molecule has 1 fully saturated rings. The highest BCUT2D eigenvalue weighted by Crippen LogP contribution is 2.41. The minimum absolute atomic E-state index is 0.191. The highest BCUT2D eigenvalue weighted by atomic mass is 19.1. The quantitative estimate of drug-likeness (QED) is 0.831. The summed E-state index contributed by atoms with van der Waals surface area (Å²) in [7, 11) is 1.49. The second kappa shape index (κ2) is 4.19. The van der Waals surface area contributed by atoms with Gasteiger partial charge in [0.15, 0.2) is 0 Å². The minimum atomic E-state index is -0.727. The van der Waals surface area contributed by atoms with E-state index in [0.29, 0.717) is 11.3 Å². The predicted molar refractivity (Wildman–Crippen MR) is 55.3 cm³/mol. The van der Waals surface area contributed by atoms with Crippen molar-refractivity contribution in [1.82, 2.24) is 0 Å². The zero-order chi connectivity index (χ0) is 10.8. The van der Waals surface area contributed by atoms with E-state index in [1.807, 2.05) is 0 Å². The number of methoxy groups -OCH3 is 1. The summed E-state index contributed by atoms with van der Waals surface area (Å²) in [5.41, 5.74) is 0.310. The van der Waals surface area contributed by atoms with Crippen LogP contribution in [-0.2, 0) is 0 Å². The molecule has 0 bridgehead atoms. The van der Waals surface area contributed by atoms with Crippen molar-refractivity contribution in [2.24, 2.45) is 5.92 Å². The summed E-state index contributed by atoms with van der Waals surface area (Å²) >= 11 is 0. The first-order valence-corrected chi connectivity index (χ1v) is 5.24. The molecule has 1 atom stereocenters. The summed E-state index contributed by atoms with van der Waals surface area (Å²) in [6, 6.07) is 4.63. The molecule has 82 valence electrons. The van der Waals surface area contributed by atoms with Crippen LogP contribution in [0.3, 0.4) is 0 Å². The Morgan fingerprint density at radius 1 is 1.47 bits per heavy atom. The van der Waals surface area contributed by atoms with E-state index < -0.39 is 6.10 Å². The maximum Gasteiger partial charge on any atom is 0.132 e. The van der Waals surface area contributed by atoms with Crippen molar-refractivity contribution in [3.05, 3.63) is 29.6 Å². The number of halogens is 1. The molecule has 0 saturated heterocycles. The molecule has 1 aliphatic carbocycles. The van der Waals surface area contributed by atoms with Crippen LogP contribution in [0.5, 0.6) is 5.75 Å². The van der Waals surface area contributed by atoms with Crippen molar-refractivity contribution in [2.45, 2.75) is 25.4 Å². The molecule has 1 aromatic carbocycles. The minimum Gasteiger partial charge on any atom is -0.496 e. The first kappa shape index (κ1) is 10.4. The largest absolute Gasteiger partial charge is 0.496 e. The summed E-state index contributed by atoms with van der Waals surface area (Å²) in [5, 5.41) is 10.0. The van der Waals surface area contributed by atoms with Crippen LogP contribution in [-0.4, -0.2) is 12.2 Å². The number of benzene rings is 1. The van der Waals surface area contributed by atoms with Crippen molar-refractivity contribution >= 4 is 0 Å². The Kier molecular flexibility index (Phi) is 2.91. The Balaban J connectivity index is 2.31. The maximum atomic E-state index is 13.6. The topological polar surface area (TPSA) is 29.5 Å². The van der Waals surface area contributed by atoms with Crippen molar-refractivity contribution in [2.75, 3.05) is 7.11 Å². The molecule has 2 nitrogen and oxygen atoms in total. The summed E-state index contributed by atoms with van der Waals surface area (Å²) in [6.45, 7) is 0. The predicted octanol–water partition coefficient (Wildman–Crippen LogP) is 2.67. The molecular formula is C12H15FO2. The normalized spacial score (nSPS) is 18.3. The van der Waals surface area contributed by atoms with Crippen LogP contribution >= 0.6 is 0 Å². The smallest absolute Gasteiger partial charge is 0.132 e. The molecule has 1 aliphatic rings. The third-order valence-corrected chi connectivity index (χ3v) is 3.12. The van der Waals surface area contributed by atoms with Crippen LogP contribution < -0.4 is 4.74 Å². The van der Waals surface area contributed by atoms with Gasteiger partial charge in [0.1, 0.15) is 11.6 Å². The zero-order valence-electron chi connectivity index (χ0n) is 8.74. The van der Waals surface area contributed by atoms with Gasteiger partial charge in [-0.3, -0.25) is 0 Å². The fraction of sp³-hybridized carbons (Fsp3) is 0.500. The zero-order valence-corrected chi connectivity index (χ0v) is 8.74. The van der Waals surface area contributed by atoms with Crippen molar-refractivity contribution < 1.29 is 14.2 Å². The lowest BCUT2D eigenvalue weighted by atomic mass is 9.78. The van der Waals surface area contributed by atoms with Gasteiger partial charge >= 0.3 is 0 Å². The average molecular weight is 210 g/mol. The molecule has 0 aliphatic heterocycles. The maximum absolute atomic E-state index is 13.6. The van der Waals surface area contributed by atoms with E-state index in [1.54, 1.807) is 12.1 Å². The summed E-state index contributed by atoms with van der Waals surface area (Å²) in [6.07, 6.45) is 2.34. The molecule has 15 heavy (non-hydrogen) atoms. The molecule has 0 radical (unpaired) electrons. The van der Waals surface area contributed by atoms with Crippen LogP contribution in [0.25, 0.3) is 0 Å². The number of hydrogen-bond donors (Lipinski definition) is 1. The van der Waals surface area contributed by atoms with Gasteiger partial charge in [-0.05, 0) is 30.9 Å². The van der Waals surface area contributed by atoms with Gasteiger partial charge in [0.25, 0.3) is 0 Å². The standard InChI is InChI=1S/C12H15FO2/c1-15-10-7-3-6-9(13)11(10)12(14)8-4-2-5-8/h3,6-8,12,14H,2,4-5H2,1H3. The van der Waals surface area contributed by atoms with E-state index in [9.17, 15) is 9.50 Å². The number of rotatable bonds is 3. The summed E-state index contributed by atoms with van der Waals surface area (Å²) in [4.78, 5) is 0. The Hall–Kier alpha value is -1.09. The van der Waals surface area contributed by atoms with E-state index in [0.717, 1.165) is 19.3 Å². The van der Waals surface area contributed by atoms with Crippen LogP contribution in [0.15, 0.2) is 18.2 Å². The van der Waals surface area contributed by atoms with E-state index >= 15 is 0 Å². The molecule has 2 rings (SSSR count). The summed E-state index contributed by atoms with van der Waals surface area (Å²) < 4.78 is 18.6. The molecule has 3 heteroatoms. The van der Waals surface area contributed by atoms with E-state index in [4.69, 9.17) is 4.74 Å². The van der Waals surface area contributed by atoms with Gasteiger partial charge in [-0.15, -0.1) is 0 Å². The molecule has 0 amide bonds. The van der Waals surface area contributed by atoms with Gasteiger partial charge in [-0.2, -0.15) is 0 Å². The Morgan fingerprint density at radius 3 is 2.73 bits per heavy atom. The Bertz CT molecular complexity index is 347. The molecule has 0 spiro atoms. The van der Waals surface area contributed by atoms with Gasteiger partial charge in [0.05, 0.1) is 18.8 Å². The number of aliphatic hydroxyl groups is 1. The highest BCUT2D eigenvalue weighted by Gasteiger charge is 2.30. The lowest BCUT2D eigenvalue weighted by Gasteiger charge is -2.31. The van der Waals surface area contributed by atoms with Crippen LogP contribution in [0.4, 0.5) is 4.39 Å². The van der Waals surface area contributed by atoms with Gasteiger partial charge < -0.3 is 9.84 Å². The third-order valence-electron chi connectivity index (χ3n) is 3.12. The van der Waals surface area contributed by atoms with E-state index in [-0.39, 0.29) is 11.7 Å². The second-order valence-electron chi connectivity index (χ2n) is 3.99. The van der Waals surface area contributed by atoms with Crippen molar-refractivity contribution in [3.63, 3.8) is 0 Å². The Labute approximate surface area is 88.7 Å². The lowest BCUT2D eigenvalue weighted by Crippen LogP contribution is -2.21. The molecule has 1 aromatic rings. The molecule has 0 aromatic heterocycles. The average Bonchev–Trinajstić information content (AvgIpc) is 2.14. The van der Waals surface area contributed by atoms with Gasteiger partial charge in [-0.1, -0.05) is 12.5 Å². The van der Waals surface area contributed by atoms with Crippen molar-refractivity contribution in [1.29, 1.82) is 0 Å². The number of hydrogen-bond acceptors (Lipinski definition) is 2. The van der Waals surface area contributed by atoms with Gasteiger partial charge in [0.2, 0.25) is 0 Å². The van der Waals surface area contributed by atoms with Crippen LogP contribution in [0.2, 0.25) is 0 Å². The van der Waals surface area contributed by atoms with Crippen LogP contribution in [0.1, 0.15) is 30.9 Å². The monoisotopic (exact) mass is 210 g/mol. The number of ether oxygens (including phenoxy) is 1. The molecule has 1 unspecified atom stereocenters. The molecular weight excluding hydrogens is 195 g/mol. The fourth-order valence-electron chi connectivity index (χ4n) is 1.97. The second-order valence-corrected chi connectivity index (χ2v) is 3.99. The molecule has 0 heterocycles. The first-order valence-electron chi connectivity index (χ1n) is 5.24. The lowest BCUT2D eigenvalue weighted by molar-refractivity contribution is 0.0570. The Morgan fingerprint density at radius 2 is 2.20 bits per heavy atom. The number of aliphatic hydroxyl groups excluding tert-OH is 1. The fourth-order valence-corrected chi connectivity index (χ4v) is 1.97. The summed E-state index contributed by atoms with van der Waals surface area (Å²) in [5.74, 6) is 0.249. The first-order chi connectivity index (χ1) is 7.24. The van der Waals surface area contributed by atoms with E-state index in [2.05, 4.69) is 0 Å². The molecule has 1 saturated carbocycles. The van der Waals surface area contributed by atoms with E-state index in [1.165, 1.54) is 13.2 Å². The van der Waals surface area contributed by atoms with Gasteiger partial charge in [0, 0.05) is 0 Å². The third kappa shape index (κ3) is 1.84. The van der Waals surface area contributed by atoms with Crippen molar-refractivity contribution in [3.8, 4) is 5.75 Å². The highest BCUT2D eigenvalue weighted by molar-refractivity contribution is 5.36. The van der Waals surface area contributed by atoms with Gasteiger partial charge in [-0.25, -0.2) is 4.39 Å².